The lowest BCUT2D eigenvalue weighted by Crippen LogP contribution is -2.39. The number of hydrogen-bond donors (Lipinski definition) is 1. The molecule has 1 rings (SSSR count). The Morgan fingerprint density at radius 1 is 1.29 bits per heavy atom. The fourth-order valence-corrected chi connectivity index (χ4v) is 2.16. The van der Waals surface area contributed by atoms with Crippen LogP contribution < -0.4 is 9.64 Å². The number of carbonyl (C=O) groups is 1. The minimum atomic E-state index is -0.973. The third kappa shape index (κ3) is 4.61. The Hall–Kier alpha value is -1.79. The molecular weight excluding hydrogens is 274 g/mol. The summed E-state index contributed by atoms with van der Waals surface area (Å²) in [6.45, 7) is 3.52. The normalized spacial score (nSPS) is 12.0. The molecule has 0 radical (unpaired) electrons. The Morgan fingerprint density at radius 3 is 2.52 bits per heavy atom. The Morgan fingerprint density at radius 2 is 2.00 bits per heavy atom. The lowest BCUT2D eigenvalue weighted by molar-refractivity contribution is 0.0697. The number of aromatic carboxylic acids is 1. The summed E-state index contributed by atoms with van der Waals surface area (Å²) in [5.41, 5.74) is 0.832. The van der Waals surface area contributed by atoms with Gasteiger partial charge in [-0.25, -0.2) is 4.79 Å². The molecule has 1 atom stereocenters. The van der Waals surface area contributed by atoms with Gasteiger partial charge >= 0.3 is 5.97 Å². The third-order valence-corrected chi connectivity index (χ3v) is 3.22. The van der Waals surface area contributed by atoms with Crippen LogP contribution in [0.1, 0.15) is 17.3 Å². The molecule has 0 aromatic heterocycles. The van der Waals surface area contributed by atoms with E-state index in [0.717, 1.165) is 0 Å². The molecular formula is C15H23NO5. The van der Waals surface area contributed by atoms with Crippen molar-refractivity contribution >= 4 is 11.7 Å². The van der Waals surface area contributed by atoms with E-state index in [9.17, 15) is 9.90 Å². The average molecular weight is 297 g/mol. The minimum Gasteiger partial charge on any atom is -0.497 e. The first-order valence-electron chi connectivity index (χ1n) is 6.71. The van der Waals surface area contributed by atoms with Crippen molar-refractivity contribution in [3.8, 4) is 5.75 Å². The summed E-state index contributed by atoms with van der Waals surface area (Å²) in [6.07, 6.45) is 0. The molecule has 1 aromatic carbocycles. The molecule has 0 aliphatic rings. The van der Waals surface area contributed by atoms with E-state index in [1.54, 1.807) is 39.5 Å². The molecule has 0 fully saturated rings. The summed E-state index contributed by atoms with van der Waals surface area (Å²) in [5.74, 6) is -0.360. The molecule has 0 aliphatic carbocycles. The van der Waals surface area contributed by atoms with E-state index in [4.69, 9.17) is 14.2 Å². The van der Waals surface area contributed by atoms with Crippen molar-refractivity contribution in [2.24, 2.45) is 0 Å². The number of carboxylic acids is 1. The fourth-order valence-electron chi connectivity index (χ4n) is 2.16. The Balaban J connectivity index is 3.22. The summed E-state index contributed by atoms with van der Waals surface area (Å²) in [6, 6.07) is 4.93. The molecule has 21 heavy (non-hydrogen) atoms. The zero-order valence-electron chi connectivity index (χ0n) is 13.0. The van der Waals surface area contributed by atoms with Gasteiger partial charge in [0.2, 0.25) is 0 Å². The van der Waals surface area contributed by atoms with Crippen LogP contribution in [0.3, 0.4) is 0 Å². The highest BCUT2D eigenvalue weighted by Crippen LogP contribution is 2.28. The first kappa shape index (κ1) is 17.3. The van der Waals surface area contributed by atoms with Crippen LogP contribution in [-0.4, -0.2) is 58.2 Å². The van der Waals surface area contributed by atoms with Crippen LogP contribution in [0.4, 0.5) is 5.69 Å². The highest BCUT2D eigenvalue weighted by atomic mass is 16.5. The summed E-state index contributed by atoms with van der Waals surface area (Å²) >= 11 is 0. The topological polar surface area (TPSA) is 68.2 Å². The second-order valence-electron chi connectivity index (χ2n) is 4.68. The van der Waals surface area contributed by atoms with Crippen LogP contribution in [0.25, 0.3) is 0 Å². The predicted molar refractivity (Wildman–Crippen MR) is 80.5 cm³/mol. The van der Waals surface area contributed by atoms with Gasteiger partial charge in [-0.3, -0.25) is 0 Å². The molecule has 0 spiro atoms. The number of benzene rings is 1. The predicted octanol–water partition coefficient (Wildman–Crippen LogP) is 1.88. The molecule has 0 bridgehead atoms. The standard InChI is InChI=1S/C15H23NO5/c1-11(10-20-3)16(7-8-19-2)14-9-12(21-4)5-6-13(14)15(17)18/h5-6,9,11H,7-8,10H2,1-4H3,(H,17,18). The lowest BCUT2D eigenvalue weighted by atomic mass is 10.1. The van der Waals surface area contributed by atoms with E-state index in [1.165, 1.54) is 0 Å². The summed E-state index contributed by atoms with van der Waals surface area (Å²) in [4.78, 5) is 13.4. The minimum absolute atomic E-state index is 0.00959. The smallest absolute Gasteiger partial charge is 0.337 e. The van der Waals surface area contributed by atoms with Crippen molar-refractivity contribution in [1.29, 1.82) is 0 Å². The van der Waals surface area contributed by atoms with E-state index in [-0.39, 0.29) is 11.6 Å². The fraction of sp³-hybridized carbons (Fsp3) is 0.533. The van der Waals surface area contributed by atoms with E-state index in [1.807, 2.05) is 11.8 Å². The molecule has 0 saturated carbocycles. The molecule has 0 heterocycles. The van der Waals surface area contributed by atoms with Crippen LogP contribution in [0.2, 0.25) is 0 Å². The van der Waals surface area contributed by atoms with Gasteiger partial charge in [0.1, 0.15) is 5.75 Å². The largest absolute Gasteiger partial charge is 0.497 e. The number of nitrogens with zero attached hydrogens (tertiary/aromatic N) is 1. The number of ether oxygens (including phenoxy) is 3. The van der Waals surface area contributed by atoms with Gasteiger partial charge in [-0.15, -0.1) is 0 Å². The zero-order chi connectivity index (χ0) is 15.8. The molecule has 6 nitrogen and oxygen atoms in total. The van der Waals surface area contributed by atoms with Gasteiger partial charge in [0.05, 0.1) is 31.6 Å². The third-order valence-electron chi connectivity index (χ3n) is 3.22. The van der Waals surface area contributed by atoms with Crippen molar-refractivity contribution in [1.82, 2.24) is 0 Å². The molecule has 1 unspecified atom stereocenters. The quantitative estimate of drug-likeness (QED) is 0.750. The van der Waals surface area contributed by atoms with Gasteiger partial charge in [-0.2, -0.15) is 0 Å². The van der Waals surface area contributed by atoms with Crippen LogP contribution in [0.5, 0.6) is 5.75 Å². The van der Waals surface area contributed by atoms with Gasteiger partial charge in [0.25, 0.3) is 0 Å². The molecule has 6 heteroatoms. The number of rotatable bonds is 9. The summed E-state index contributed by atoms with van der Waals surface area (Å²) in [5, 5.41) is 9.39. The van der Waals surface area contributed by atoms with Crippen molar-refractivity contribution in [2.45, 2.75) is 13.0 Å². The maximum absolute atomic E-state index is 11.5. The summed E-state index contributed by atoms with van der Waals surface area (Å²) in [7, 11) is 4.79. The van der Waals surface area contributed by atoms with Gasteiger partial charge in [0.15, 0.2) is 0 Å². The number of anilines is 1. The van der Waals surface area contributed by atoms with Crippen LogP contribution in [-0.2, 0) is 9.47 Å². The van der Waals surface area contributed by atoms with Crippen LogP contribution in [0.15, 0.2) is 18.2 Å². The van der Waals surface area contributed by atoms with Crippen LogP contribution in [0, 0.1) is 0 Å². The van der Waals surface area contributed by atoms with Crippen molar-refractivity contribution in [2.75, 3.05) is 46.0 Å². The van der Waals surface area contributed by atoms with Crippen LogP contribution >= 0.6 is 0 Å². The van der Waals surface area contributed by atoms with Crippen molar-refractivity contribution in [3.05, 3.63) is 23.8 Å². The Bertz CT molecular complexity index is 463. The number of hydrogen-bond acceptors (Lipinski definition) is 5. The maximum atomic E-state index is 11.5. The summed E-state index contributed by atoms with van der Waals surface area (Å²) < 4.78 is 15.5. The Kier molecular flexibility index (Phi) is 6.98. The second kappa shape index (κ2) is 8.49. The van der Waals surface area contributed by atoms with Gasteiger partial charge < -0.3 is 24.2 Å². The highest BCUT2D eigenvalue weighted by Gasteiger charge is 2.21. The first-order valence-corrected chi connectivity index (χ1v) is 6.71. The number of carboxylic acid groups (broad SMARTS) is 1. The van der Waals surface area contributed by atoms with E-state index >= 15 is 0 Å². The van der Waals surface area contributed by atoms with Crippen molar-refractivity contribution in [3.63, 3.8) is 0 Å². The van der Waals surface area contributed by atoms with E-state index < -0.39 is 5.97 Å². The molecule has 1 aromatic rings. The number of methoxy groups -OCH3 is 3. The molecule has 0 aliphatic heterocycles. The molecule has 118 valence electrons. The van der Waals surface area contributed by atoms with E-state index in [0.29, 0.717) is 31.2 Å². The maximum Gasteiger partial charge on any atom is 0.337 e. The van der Waals surface area contributed by atoms with Gasteiger partial charge in [-0.1, -0.05) is 0 Å². The lowest BCUT2D eigenvalue weighted by Gasteiger charge is -2.32. The second-order valence-corrected chi connectivity index (χ2v) is 4.68. The molecule has 1 N–H and O–H groups in total. The van der Waals surface area contributed by atoms with E-state index in [2.05, 4.69) is 0 Å². The zero-order valence-corrected chi connectivity index (χ0v) is 13.0. The van der Waals surface area contributed by atoms with Gasteiger partial charge in [0, 0.05) is 32.9 Å². The van der Waals surface area contributed by atoms with Gasteiger partial charge in [-0.05, 0) is 19.1 Å². The Labute approximate surface area is 125 Å². The first-order chi connectivity index (χ1) is 10.0. The molecule has 0 amide bonds. The molecule has 0 saturated heterocycles. The van der Waals surface area contributed by atoms with Crippen molar-refractivity contribution < 1.29 is 24.1 Å². The monoisotopic (exact) mass is 297 g/mol. The SMILES string of the molecule is COCCN(c1cc(OC)ccc1C(=O)O)C(C)COC. The highest BCUT2D eigenvalue weighted by molar-refractivity contribution is 5.95. The average Bonchev–Trinajstić information content (AvgIpc) is 2.47.